The number of nitrogens with zero attached hydrogens (tertiary/aromatic N) is 2. The van der Waals surface area contributed by atoms with Crippen molar-refractivity contribution in [1.29, 1.82) is 0 Å². The Morgan fingerprint density at radius 3 is 2.74 bits per heavy atom. The SMILES string of the molecule is Cc1ccc(Cl)cc1Nc1nccc(NC(C)C)n1. The second kappa shape index (κ2) is 5.89. The number of nitrogens with one attached hydrogen (secondary N) is 2. The van der Waals surface area contributed by atoms with E-state index < -0.39 is 0 Å². The molecule has 4 nitrogen and oxygen atoms in total. The molecule has 0 unspecified atom stereocenters. The van der Waals surface area contributed by atoms with E-state index in [2.05, 4.69) is 34.4 Å². The summed E-state index contributed by atoms with van der Waals surface area (Å²) >= 11 is 5.99. The van der Waals surface area contributed by atoms with Gasteiger partial charge >= 0.3 is 0 Å². The first kappa shape index (κ1) is 13.6. The van der Waals surface area contributed by atoms with Gasteiger partial charge in [-0.25, -0.2) is 4.98 Å². The quantitative estimate of drug-likeness (QED) is 0.886. The Kier molecular flexibility index (Phi) is 4.22. The highest BCUT2D eigenvalue weighted by Crippen LogP contribution is 2.22. The van der Waals surface area contributed by atoms with Crippen LogP contribution >= 0.6 is 11.6 Å². The van der Waals surface area contributed by atoms with Gasteiger partial charge in [-0.1, -0.05) is 17.7 Å². The fraction of sp³-hybridized carbons (Fsp3) is 0.286. The monoisotopic (exact) mass is 276 g/mol. The van der Waals surface area contributed by atoms with Gasteiger partial charge in [-0.2, -0.15) is 4.98 Å². The van der Waals surface area contributed by atoms with Gasteiger partial charge < -0.3 is 10.6 Å². The van der Waals surface area contributed by atoms with Gasteiger partial charge in [-0.15, -0.1) is 0 Å². The standard InChI is InChI=1S/C14H17ClN4/c1-9(2)17-13-6-7-16-14(19-13)18-12-8-11(15)5-4-10(12)3/h4-9H,1-3H3,(H2,16,17,18,19). The number of aryl methyl sites for hydroxylation is 1. The lowest BCUT2D eigenvalue weighted by atomic mass is 10.2. The van der Waals surface area contributed by atoms with Crippen LogP contribution in [0.2, 0.25) is 5.02 Å². The molecule has 1 aromatic carbocycles. The molecule has 0 aliphatic rings. The summed E-state index contributed by atoms with van der Waals surface area (Å²) in [6.07, 6.45) is 1.72. The summed E-state index contributed by atoms with van der Waals surface area (Å²) in [5, 5.41) is 7.10. The van der Waals surface area contributed by atoms with Crippen molar-refractivity contribution in [1.82, 2.24) is 9.97 Å². The van der Waals surface area contributed by atoms with Gasteiger partial charge in [0.15, 0.2) is 0 Å². The number of rotatable bonds is 4. The van der Waals surface area contributed by atoms with E-state index in [1.807, 2.05) is 31.2 Å². The van der Waals surface area contributed by atoms with Crippen LogP contribution in [0.3, 0.4) is 0 Å². The summed E-state index contributed by atoms with van der Waals surface area (Å²) in [5.41, 5.74) is 2.00. The molecule has 2 N–H and O–H groups in total. The number of hydrogen-bond donors (Lipinski definition) is 2. The average molecular weight is 277 g/mol. The van der Waals surface area contributed by atoms with Gasteiger partial charge in [0.1, 0.15) is 5.82 Å². The molecule has 0 amide bonds. The maximum Gasteiger partial charge on any atom is 0.229 e. The first-order valence-corrected chi connectivity index (χ1v) is 6.55. The number of anilines is 3. The Bertz CT molecular complexity index is 569. The molecule has 2 rings (SSSR count). The van der Waals surface area contributed by atoms with E-state index in [-0.39, 0.29) is 0 Å². The van der Waals surface area contributed by atoms with Crippen LogP contribution in [0.15, 0.2) is 30.5 Å². The average Bonchev–Trinajstić information content (AvgIpc) is 2.33. The lowest BCUT2D eigenvalue weighted by molar-refractivity contribution is 0.887. The summed E-state index contributed by atoms with van der Waals surface area (Å²) in [5.74, 6) is 1.35. The highest BCUT2D eigenvalue weighted by Gasteiger charge is 2.04. The van der Waals surface area contributed by atoms with Crippen LogP contribution in [-0.2, 0) is 0 Å². The number of aromatic nitrogens is 2. The van der Waals surface area contributed by atoms with E-state index in [0.29, 0.717) is 17.0 Å². The highest BCUT2D eigenvalue weighted by molar-refractivity contribution is 6.30. The van der Waals surface area contributed by atoms with Gasteiger partial charge in [0.25, 0.3) is 0 Å². The Labute approximate surface area is 118 Å². The molecule has 100 valence electrons. The molecule has 2 aromatic rings. The minimum Gasteiger partial charge on any atom is -0.368 e. The fourth-order valence-electron chi connectivity index (χ4n) is 1.64. The summed E-state index contributed by atoms with van der Waals surface area (Å²) in [6.45, 7) is 6.14. The van der Waals surface area contributed by atoms with Crippen molar-refractivity contribution in [3.05, 3.63) is 41.0 Å². The zero-order chi connectivity index (χ0) is 13.8. The lowest BCUT2D eigenvalue weighted by Crippen LogP contribution is -2.11. The van der Waals surface area contributed by atoms with Crippen LogP contribution in [0.4, 0.5) is 17.5 Å². The molecular weight excluding hydrogens is 260 g/mol. The predicted molar refractivity (Wildman–Crippen MR) is 80.3 cm³/mol. The van der Waals surface area contributed by atoms with E-state index >= 15 is 0 Å². The van der Waals surface area contributed by atoms with Crippen LogP contribution in [0.1, 0.15) is 19.4 Å². The van der Waals surface area contributed by atoms with E-state index in [9.17, 15) is 0 Å². The molecule has 5 heteroatoms. The molecule has 0 saturated carbocycles. The molecule has 0 radical (unpaired) electrons. The lowest BCUT2D eigenvalue weighted by Gasteiger charge is -2.11. The molecule has 0 fully saturated rings. The molecule has 19 heavy (non-hydrogen) atoms. The second-order valence-corrected chi connectivity index (χ2v) is 5.09. The van der Waals surface area contributed by atoms with Crippen molar-refractivity contribution in [2.75, 3.05) is 10.6 Å². The van der Waals surface area contributed by atoms with Crippen LogP contribution in [0, 0.1) is 6.92 Å². The molecule has 0 bridgehead atoms. The fourth-order valence-corrected chi connectivity index (χ4v) is 1.82. The predicted octanol–water partition coefficient (Wildman–Crippen LogP) is 4.00. The Hall–Kier alpha value is -1.81. The van der Waals surface area contributed by atoms with Gasteiger partial charge in [0.2, 0.25) is 5.95 Å². The largest absolute Gasteiger partial charge is 0.368 e. The zero-order valence-corrected chi connectivity index (χ0v) is 12.0. The van der Waals surface area contributed by atoms with Gasteiger partial charge in [-0.3, -0.25) is 0 Å². The Morgan fingerprint density at radius 2 is 2.00 bits per heavy atom. The number of benzene rings is 1. The molecular formula is C14H17ClN4. The maximum absolute atomic E-state index is 5.99. The van der Waals surface area contributed by atoms with E-state index in [0.717, 1.165) is 17.1 Å². The first-order chi connectivity index (χ1) is 9.04. The van der Waals surface area contributed by atoms with Crippen LogP contribution < -0.4 is 10.6 Å². The minimum atomic E-state index is 0.329. The molecule has 1 aromatic heterocycles. The summed E-state index contributed by atoms with van der Waals surface area (Å²) < 4.78 is 0. The van der Waals surface area contributed by atoms with Crippen molar-refractivity contribution in [2.45, 2.75) is 26.8 Å². The number of hydrogen-bond acceptors (Lipinski definition) is 4. The third-order valence-electron chi connectivity index (χ3n) is 2.54. The first-order valence-electron chi connectivity index (χ1n) is 6.17. The summed E-state index contributed by atoms with van der Waals surface area (Å²) in [7, 11) is 0. The van der Waals surface area contributed by atoms with Crippen LogP contribution in [0.5, 0.6) is 0 Å². The van der Waals surface area contributed by atoms with E-state index in [1.54, 1.807) is 6.20 Å². The molecule has 1 heterocycles. The molecule has 0 atom stereocenters. The van der Waals surface area contributed by atoms with Gasteiger partial charge in [0, 0.05) is 22.9 Å². The summed E-state index contributed by atoms with van der Waals surface area (Å²) in [4.78, 5) is 8.61. The van der Waals surface area contributed by atoms with Crippen molar-refractivity contribution in [3.63, 3.8) is 0 Å². The van der Waals surface area contributed by atoms with Gasteiger partial charge in [0.05, 0.1) is 0 Å². The zero-order valence-electron chi connectivity index (χ0n) is 11.2. The third kappa shape index (κ3) is 3.83. The summed E-state index contributed by atoms with van der Waals surface area (Å²) in [6, 6.07) is 7.86. The van der Waals surface area contributed by atoms with Crippen LogP contribution in [-0.4, -0.2) is 16.0 Å². The maximum atomic E-state index is 5.99. The highest BCUT2D eigenvalue weighted by atomic mass is 35.5. The topological polar surface area (TPSA) is 49.8 Å². The van der Waals surface area contributed by atoms with Crippen molar-refractivity contribution in [3.8, 4) is 0 Å². The van der Waals surface area contributed by atoms with E-state index in [1.165, 1.54) is 0 Å². The Morgan fingerprint density at radius 1 is 1.21 bits per heavy atom. The molecule has 0 saturated heterocycles. The van der Waals surface area contributed by atoms with E-state index in [4.69, 9.17) is 11.6 Å². The second-order valence-electron chi connectivity index (χ2n) is 4.65. The molecule has 0 aliphatic carbocycles. The molecule has 0 aliphatic heterocycles. The van der Waals surface area contributed by atoms with Crippen molar-refractivity contribution in [2.24, 2.45) is 0 Å². The molecule has 0 spiro atoms. The smallest absolute Gasteiger partial charge is 0.229 e. The minimum absolute atomic E-state index is 0.329. The number of halogens is 1. The van der Waals surface area contributed by atoms with Crippen molar-refractivity contribution < 1.29 is 0 Å². The normalized spacial score (nSPS) is 10.6. The van der Waals surface area contributed by atoms with Gasteiger partial charge in [-0.05, 0) is 44.5 Å². The third-order valence-corrected chi connectivity index (χ3v) is 2.77. The Balaban J connectivity index is 2.21. The van der Waals surface area contributed by atoms with Crippen LogP contribution in [0.25, 0.3) is 0 Å². The van der Waals surface area contributed by atoms with Crippen molar-refractivity contribution >= 4 is 29.1 Å².